The third-order valence-electron chi connectivity index (χ3n) is 4.03. The fourth-order valence-electron chi connectivity index (χ4n) is 2.76. The highest BCUT2D eigenvalue weighted by Crippen LogP contribution is 2.32. The molecule has 0 amide bonds. The Kier molecular flexibility index (Phi) is 3.44. The van der Waals surface area contributed by atoms with Gasteiger partial charge in [-0.3, -0.25) is 9.67 Å². The van der Waals surface area contributed by atoms with Gasteiger partial charge in [0.15, 0.2) is 0 Å². The molecule has 0 unspecified atom stereocenters. The SMILES string of the molecule is Cc1nn(CC2CCC2)c(C)c1-c1cncc(Br)c1. The molecule has 2 heterocycles. The van der Waals surface area contributed by atoms with Crippen LogP contribution in [0.3, 0.4) is 0 Å². The van der Waals surface area contributed by atoms with Crippen molar-refractivity contribution in [2.45, 2.75) is 39.7 Å². The first-order valence-corrected chi connectivity index (χ1v) is 7.59. The molecule has 1 fully saturated rings. The maximum Gasteiger partial charge on any atom is 0.0675 e. The first-order valence-electron chi connectivity index (χ1n) is 6.80. The van der Waals surface area contributed by atoms with Gasteiger partial charge in [0.25, 0.3) is 0 Å². The molecule has 1 aliphatic carbocycles. The standard InChI is InChI=1S/C15H18BrN3/c1-10-15(13-6-14(16)8-17-7-13)11(2)19(18-10)9-12-4-3-5-12/h6-8,12H,3-5,9H2,1-2H3. The molecule has 0 radical (unpaired) electrons. The smallest absolute Gasteiger partial charge is 0.0675 e. The van der Waals surface area contributed by atoms with Crippen LogP contribution in [0.2, 0.25) is 0 Å². The van der Waals surface area contributed by atoms with Gasteiger partial charge in [0.1, 0.15) is 0 Å². The van der Waals surface area contributed by atoms with E-state index in [4.69, 9.17) is 5.10 Å². The highest BCUT2D eigenvalue weighted by Gasteiger charge is 2.21. The van der Waals surface area contributed by atoms with E-state index in [-0.39, 0.29) is 0 Å². The molecule has 1 aliphatic rings. The van der Waals surface area contributed by atoms with Crippen LogP contribution >= 0.6 is 15.9 Å². The maximum atomic E-state index is 4.71. The summed E-state index contributed by atoms with van der Waals surface area (Å²) in [5, 5.41) is 4.71. The molecular weight excluding hydrogens is 302 g/mol. The van der Waals surface area contributed by atoms with Crippen LogP contribution in [0, 0.1) is 19.8 Å². The summed E-state index contributed by atoms with van der Waals surface area (Å²) in [7, 11) is 0. The second-order valence-corrected chi connectivity index (χ2v) is 6.33. The summed E-state index contributed by atoms with van der Waals surface area (Å²) in [5.74, 6) is 0.825. The fraction of sp³-hybridized carbons (Fsp3) is 0.467. The average molecular weight is 320 g/mol. The number of hydrogen-bond donors (Lipinski definition) is 0. The maximum absolute atomic E-state index is 4.71. The Balaban J connectivity index is 1.97. The van der Waals surface area contributed by atoms with E-state index in [9.17, 15) is 0 Å². The zero-order valence-corrected chi connectivity index (χ0v) is 12.9. The molecule has 0 atom stereocenters. The van der Waals surface area contributed by atoms with Crippen molar-refractivity contribution in [2.75, 3.05) is 0 Å². The molecule has 2 aromatic heterocycles. The van der Waals surface area contributed by atoms with Crippen molar-refractivity contribution in [1.82, 2.24) is 14.8 Å². The lowest BCUT2D eigenvalue weighted by atomic mass is 9.85. The van der Waals surface area contributed by atoms with Gasteiger partial charge in [-0.1, -0.05) is 6.42 Å². The van der Waals surface area contributed by atoms with Crippen molar-refractivity contribution in [1.29, 1.82) is 0 Å². The number of hydrogen-bond acceptors (Lipinski definition) is 2. The molecule has 0 saturated heterocycles. The number of rotatable bonds is 3. The number of halogens is 1. The molecule has 1 saturated carbocycles. The van der Waals surface area contributed by atoms with E-state index < -0.39 is 0 Å². The zero-order valence-electron chi connectivity index (χ0n) is 11.4. The van der Waals surface area contributed by atoms with Crippen LogP contribution in [0.1, 0.15) is 30.7 Å². The lowest BCUT2D eigenvalue weighted by Crippen LogP contribution is -2.19. The van der Waals surface area contributed by atoms with Gasteiger partial charge in [-0.15, -0.1) is 0 Å². The zero-order chi connectivity index (χ0) is 13.4. The first kappa shape index (κ1) is 12.9. The summed E-state index contributed by atoms with van der Waals surface area (Å²) in [4.78, 5) is 4.26. The summed E-state index contributed by atoms with van der Waals surface area (Å²) < 4.78 is 3.19. The molecule has 0 N–H and O–H groups in total. The van der Waals surface area contributed by atoms with Gasteiger partial charge in [0, 0.05) is 40.2 Å². The highest BCUT2D eigenvalue weighted by molar-refractivity contribution is 9.10. The lowest BCUT2D eigenvalue weighted by molar-refractivity contribution is 0.264. The number of aryl methyl sites for hydroxylation is 1. The van der Waals surface area contributed by atoms with E-state index in [0.717, 1.165) is 28.2 Å². The predicted molar refractivity (Wildman–Crippen MR) is 80.0 cm³/mol. The average Bonchev–Trinajstić information content (AvgIpc) is 2.59. The topological polar surface area (TPSA) is 30.7 Å². The molecule has 0 aliphatic heterocycles. The predicted octanol–water partition coefficient (Wildman–Crippen LogP) is 4.12. The van der Waals surface area contributed by atoms with Gasteiger partial charge in [-0.25, -0.2) is 0 Å². The van der Waals surface area contributed by atoms with E-state index in [1.54, 1.807) is 0 Å². The second-order valence-electron chi connectivity index (χ2n) is 5.42. The fourth-order valence-corrected chi connectivity index (χ4v) is 3.13. The van der Waals surface area contributed by atoms with E-state index in [0.29, 0.717) is 0 Å². The van der Waals surface area contributed by atoms with Crippen LogP contribution < -0.4 is 0 Å². The molecule has 3 nitrogen and oxygen atoms in total. The largest absolute Gasteiger partial charge is 0.269 e. The Morgan fingerprint density at radius 2 is 2.11 bits per heavy atom. The Morgan fingerprint density at radius 3 is 2.74 bits per heavy atom. The van der Waals surface area contributed by atoms with Gasteiger partial charge in [-0.05, 0) is 54.6 Å². The number of nitrogens with zero attached hydrogens (tertiary/aromatic N) is 3. The Hall–Kier alpha value is -1.16. The Morgan fingerprint density at radius 1 is 1.32 bits per heavy atom. The van der Waals surface area contributed by atoms with Crippen LogP contribution in [0.5, 0.6) is 0 Å². The lowest BCUT2D eigenvalue weighted by Gasteiger charge is -2.25. The van der Waals surface area contributed by atoms with Gasteiger partial charge in [0.2, 0.25) is 0 Å². The highest BCUT2D eigenvalue weighted by atomic mass is 79.9. The summed E-state index contributed by atoms with van der Waals surface area (Å²) >= 11 is 3.49. The molecule has 0 aromatic carbocycles. The quantitative estimate of drug-likeness (QED) is 0.851. The third-order valence-corrected chi connectivity index (χ3v) is 4.46. The van der Waals surface area contributed by atoms with E-state index in [1.807, 2.05) is 12.4 Å². The minimum Gasteiger partial charge on any atom is -0.269 e. The molecule has 100 valence electrons. The van der Waals surface area contributed by atoms with Crippen molar-refractivity contribution in [3.8, 4) is 11.1 Å². The van der Waals surface area contributed by atoms with E-state index in [2.05, 4.69) is 45.5 Å². The Bertz CT molecular complexity index is 599. The van der Waals surface area contributed by atoms with Crippen LogP contribution in [0.15, 0.2) is 22.9 Å². The van der Waals surface area contributed by atoms with E-state index >= 15 is 0 Å². The monoisotopic (exact) mass is 319 g/mol. The molecule has 2 aromatic rings. The molecule has 3 rings (SSSR count). The summed E-state index contributed by atoms with van der Waals surface area (Å²) in [5.41, 5.74) is 4.72. The normalized spacial score (nSPS) is 15.5. The molecular formula is C15H18BrN3. The summed E-state index contributed by atoms with van der Waals surface area (Å²) in [6.07, 6.45) is 7.81. The van der Waals surface area contributed by atoms with Crippen molar-refractivity contribution < 1.29 is 0 Å². The first-order chi connectivity index (χ1) is 9.15. The minimum absolute atomic E-state index is 0.825. The Labute approximate surface area is 122 Å². The van der Waals surface area contributed by atoms with Crippen molar-refractivity contribution >= 4 is 15.9 Å². The van der Waals surface area contributed by atoms with Crippen LogP contribution in [0.4, 0.5) is 0 Å². The number of aromatic nitrogens is 3. The molecule has 0 spiro atoms. The van der Waals surface area contributed by atoms with Gasteiger partial charge < -0.3 is 0 Å². The minimum atomic E-state index is 0.825. The van der Waals surface area contributed by atoms with Gasteiger partial charge in [-0.2, -0.15) is 5.10 Å². The van der Waals surface area contributed by atoms with Crippen LogP contribution in [0.25, 0.3) is 11.1 Å². The van der Waals surface area contributed by atoms with Crippen molar-refractivity contribution in [3.05, 3.63) is 34.3 Å². The van der Waals surface area contributed by atoms with Gasteiger partial charge in [0.05, 0.1) is 5.69 Å². The second kappa shape index (κ2) is 5.08. The summed E-state index contributed by atoms with van der Waals surface area (Å²) in [6, 6.07) is 2.11. The summed E-state index contributed by atoms with van der Waals surface area (Å²) in [6.45, 7) is 5.31. The van der Waals surface area contributed by atoms with Gasteiger partial charge >= 0.3 is 0 Å². The molecule has 4 heteroatoms. The van der Waals surface area contributed by atoms with E-state index in [1.165, 1.54) is 30.5 Å². The molecule has 0 bridgehead atoms. The molecule has 19 heavy (non-hydrogen) atoms. The third kappa shape index (κ3) is 2.46. The van der Waals surface area contributed by atoms with Crippen molar-refractivity contribution in [3.63, 3.8) is 0 Å². The van der Waals surface area contributed by atoms with Crippen LogP contribution in [-0.4, -0.2) is 14.8 Å². The van der Waals surface area contributed by atoms with Crippen molar-refractivity contribution in [2.24, 2.45) is 5.92 Å². The number of pyridine rings is 1. The van der Waals surface area contributed by atoms with Crippen LogP contribution in [-0.2, 0) is 6.54 Å².